The van der Waals surface area contributed by atoms with Gasteiger partial charge in [-0.1, -0.05) is 32.1 Å². The summed E-state index contributed by atoms with van der Waals surface area (Å²) >= 11 is 0. The maximum atomic E-state index is 12.0. The van der Waals surface area contributed by atoms with Crippen molar-refractivity contribution in [3.05, 3.63) is 35.9 Å². The van der Waals surface area contributed by atoms with Gasteiger partial charge in [0.2, 0.25) is 6.79 Å². The summed E-state index contributed by atoms with van der Waals surface area (Å²) in [5, 5.41) is 13.3. The Kier molecular flexibility index (Phi) is 4.54. The number of hydrogen-bond donors (Lipinski definition) is 2. The zero-order valence-electron chi connectivity index (χ0n) is 14.4. The van der Waals surface area contributed by atoms with Crippen LogP contribution >= 0.6 is 0 Å². The molecule has 5 heteroatoms. The van der Waals surface area contributed by atoms with Gasteiger partial charge in [-0.15, -0.1) is 0 Å². The Bertz CT molecular complexity index is 653. The zero-order valence-corrected chi connectivity index (χ0v) is 14.4. The molecule has 0 spiro atoms. The molecule has 2 aliphatic heterocycles. The van der Waals surface area contributed by atoms with E-state index in [1.807, 2.05) is 31.2 Å². The lowest BCUT2D eigenvalue weighted by atomic mass is 9.78. The molecule has 3 unspecified atom stereocenters. The highest BCUT2D eigenvalue weighted by Gasteiger charge is 2.43. The summed E-state index contributed by atoms with van der Waals surface area (Å²) in [5.74, 6) is 0.166. The van der Waals surface area contributed by atoms with Gasteiger partial charge in [0.25, 0.3) is 0 Å². The molecule has 0 amide bonds. The second-order valence-corrected chi connectivity index (χ2v) is 7.29. The normalized spacial score (nSPS) is 26.2. The lowest BCUT2D eigenvalue weighted by Gasteiger charge is -2.28. The van der Waals surface area contributed by atoms with Crippen molar-refractivity contribution in [1.29, 1.82) is 0 Å². The SMILES string of the molecule is C/C=C/C(C)(C)CC1NCC(c2ccc3c(c2)OCO3)C1C(=O)O. The fourth-order valence-corrected chi connectivity index (χ4v) is 3.91. The summed E-state index contributed by atoms with van der Waals surface area (Å²) in [6.45, 7) is 7.16. The molecule has 1 aromatic rings. The van der Waals surface area contributed by atoms with Crippen LogP contribution in [0.4, 0.5) is 0 Å². The molecule has 0 aromatic heterocycles. The molecular weight excluding hydrogens is 306 g/mol. The number of hydrogen-bond acceptors (Lipinski definition) is 4. The number of carbonyl (C=O) groups is 1. The number of benzene rings is 1. The summed E-state index contributed by atoms with van der Waals surface area (Å²) in [5.41, 5.74) is 0.953. The Morgan fingerprint density at radius 3 is 2.83 bits per heavy atom. The van der Waals surface area contributed by atoms with Crippen molar-refractivity contribution >= 4 is 5.97 Å². The molecule has 2 heterocycles. The quantitative estimate of drug-likeness (QED) is 0.811. The van der Waals surface area contributed by atoms with Crippen LogP contribution in [0.3, 0.4) is 0 Å². The highest BCUT2D eigenvalue weighted by atomic mass is 16.7. The van der Waals surface area contributed by atoms with E-state index in [1.54, 1.807) is 0 Å². The second-order valence-electron chi connectivity index (χ2n) is 7.29. The lowest BCUT2D eigenvalue weighted by Crippen LogP contribution is -2.36. The maximum Gasteiger partial charge on any atom is 0.308 e. The van der Waals surface area contributed by atoms with Crippen LogP contribution < -0.4 is 14.8 Å². The predicted molar refractivity (Wildman–Crippen MR) is 91.4 cm³/mol. The summed E-state index contributed by atoms with van der Waals surface area (Å²) < 4.78 is 10.8. The van der Waals surface area contributed by atoms with E-state index in [2.05, 4.69) is 25.2 Å². The van der Waals surface area contributed by atoms with Crippen LogP contribution in [-0.4, -0.2) is 30.5 Å². The molecule has 1 fully saturated rings. The average molecular weight is 331 g/mol. The van der Waals surface area contributed by atoms with E-state index in [9.17, 15) is 9.90 Å². The Hall–Kier alpha value is -2.01. The van der Waals surface area contributed by atoms with Gasteiger partial charge in [-0.05, 0) is 36.5 Å². The van der Waals surface area contributed by atoms with Crippen molar-refractivity contribution in [3.63, 3.8) is 0 Å². The lowest BCUT2D eigenvalue weighted by molar-refractivity contribution is -0.142. The molecule has 130 valence electrons. The van der Waals surface area contributed by atoms with Crippen LogP contribution in [-0.2, 0) is 4.79 Å². The standard InChI is InChI=1S/C19H25NO4/c1-4-7-19(2,3)9-14-17(18(21)22)13(10-20-14)12-5-6-15-16(8-12)24-11-23-15/h4-8,13-14,17,20H,9-11H2,1-3H3,(H,21,22)/b7-4+. The molecule has 2 N–H and O–H groups in total. The summed E-state index contributed by atoms with van der Waals surface area (Å²) in [6.07, 6.45) is 4.96. The molecule has 24 heavy (non-hydrogen) atoms. The van der Waals surface area contributed by atoms with Gasteiger partial charge in [0.1, 0.15) is 0 Å². The topological polar surface area (TPSA) is 67.8 Å². The first-order chi connectivity index (χ1) is 11.4. The Balaban J connectivity index is 1.83. The zero-order chi connectivity index (χ0) is 17.3. The third-order valence-electron chi connectivity index (χ3n) is 4.94. The van der Waals surface area contributed by atoms with E-state index in [1.165, 1.54) is 0 Å². The summed E-state index contributed by atoms with van der Waals surface area (Å²) in [6, 6.07) is 5.69. The molecule has 0 aliphatic carbocycles. The van der Waals surface area contributed by atoms with Crippen LogP contribution in [0.5, 0.6) is 11.5 Å². The van der Waals surface area contributed by atoms with Crippen molar-refractivity contribution in [2.24, 2.45) is 11.3 Å². The van der Waals surface area contributed by atoms with Crippen molar-refractivity contribution in [2.45, 2.75) is 39.2 Å². The van der Waals surface area contributed by atoms with Crippen molar-refractivity contribution < 1.29 is 19.4 Å². The first-order valence-corrected chi connectivity index (χ1v) is 8.41. The molecule has 0 saturated carbocycles. The van der Waals surface area contributed by atoms with Gasteiger partial charge in [-0.2, -0.15) is 0 Å². The minimum Gasteiger partial charge on any atom is -0.481 e. The highest BCUT2D eigenvalue weighted by molar-refractivity contribution is 5.73. The molecule has 3 atom stereocenters. The first kappa shape index (κ1) is 16.8. The number of allylic oxidation sites excluding steroid dienone is 2. The van der Waals surface area contributed by atoms with E-state index in [0.29, 0.717) is 12.3 Å². The number of nitrogens with one attached hydrogen (secondary N) is 1. The van der Waals surface area contributed by atoms with Gasteiger partial charge in [-0.3, -0.25) is 4.79 Å². The number of rotatable bonds is 5. The maximum absolute atomic E-state index is 12.0. The van der Waals surface area contributed by atoms with Gasteiger partial charge < -0.3 is 19.9 Å². The number of fused-ring (bicyclic) bond motifs is 1. The van der Waals surface area contributed by atoms with Gasteiger partial charge in [0, 0.05) is 18.5 Å². The number of aliphatic carboxylic acids is 1. The van der Waals surface area contributed by atoms with Gasteiger partial charge in [0.05, 0.1) is 5.92 Å². The average Bonchev–Trinajstić information content (AvgIpc) is 3.11. The summed E-state index contributed by atoms with van der Waals surface area (Å²) in [4.78, 5) is 12.0. The van der Waals surface area contributed by atoms with Crippen LogP contribution in [0, 0.1) is 11.3 Å². The molecule has 3 rings (SSSR count). The first-order valence-electron chi connectivity index (χ1n) is 8.41. The van der Waals surface area contributed by atoms with E-state index < -0.39 is 11.9 Å². The molecule has 1 saturated heterocycles. The van der Waals surface area contributed by atoms with Crippen LogP contribution in [0.15, 0.2) is 30.4 Å². The monoisotopic (exact) mass is 331 g/mol. The van der Waals surface area contributed by atoms with E-state index in [0.717, 1.165) is 17.7 Å². The molecule has 1 aromatic carbocycles. The highest BCUT2D eigenvalue weighted by Crippen LogP contribution is 2.41. The number of ether oxygens (including phenoxy) is 2. The Morgan fingerprint density at radius 1 is 1.38 bits per heavy atom. The number of carboxylic acid groups (broad SMARTS) is 1. The number of carboxylic acids is 1. The van der Waals surface area contributed by atoms with Crippen LogP contribution in [0.25, 0.3) is 0 Å². The van der Waals surface area contributed by atoms with E-state index in [-0.39, 0.29) is 24.2 Å². The van der Waals surface area contributed by atoms with Crippen LogP contribution in [0.1, 0.15) is 38.7 Å². The van der Waals surface area contributed by atoms with Crippen molar-refractivity contribution in [3.8, 4) is 11.5 Å². The molecule has 2 aliphatic rings. The van der Waals surface area contributed by atoms with Crippen molar-refractivity contribution in [1.82, 2.24) is 5.32 Å². The molecule has 0 bridgehead atoms. The Morgan fingerprint density at radius 2 is 2.12 bits per heavy atom. The fourth-order valence-electron chi connectivity index (χ4n) is 3.91. The summed E-state index contributed by atoms with van der Waals surface area (Å²) in [7, 11) is 0. The van der Waals surface area contributed by atoms with Gasteiger partial charge >= 0.3 is 5.97 Å². The Labute approximate surface area is 142 Å². The third kappa shape index (κ3) is 3.26. The smallest absolute Gasteiger partial charge is 0.308 e. The molecule has 0 radical (unpaired) electrons. The predicted octanol–water partition coefficient (Wildman–Crippen LogP) is 3.16. The van der Waals surface area contributed by atoms with Gasteiger partial charge in [-0.25, -0.2) is 0 Å². The fraction of sp³-hybridized carbons (Fsp3) is 0.526. The minimum absolute atomic E-state index is 0.0378. The van der Waals surface area contributed by atoms with Crippen LogP contribution in [0.2, 0.25) is 0 Å². The minimum atomic E-state index is -0.746. The van der Waals surface area contributed by atoms with E-state index >= 15 is 0 Å². The molecule has 5 nitrogen and oxygen atoms in total. The van der Waals surface area contributed by atoms with Gasteiger partial charge in [0.15, 0.2) is 11.5 Å². The largest absolute Gasteiger partial charge is 0.481 e. The molecular formula is C19H25NO4. The van der Waals surface area contributed by atoms with Crippen molar-refractivity contribution in [2.75, 3.05) is 13.3 Å². The third-order valence-corrected chi connectivity index (χ3v) is 4.94. The second kappa shape index (κ2) is 6.48. The van der Waals surface area contributed by atoms with E-state index in [4.69, 9.17) is 9.47 Å².